The van der Waals surface area contributed by atoms with Gasteiger partial charge in [-0.05, 0) is 204 Å². The molecule has 0 aliphatic heterocycles. The van der Waals surface area contributed by atoms with E-state index < -0.39 is 35.8 Å². The Morgan fingerprint density at radius 2 is 0.500 bits per heavy atom. The van der Waals surface area contributed by atoms with Gasteiger partial charge >= 0.3 is 35.8 Å². The lowest BCUT2D eigenvalue weighted by molar-refractivity contribution is -0.138. The third-order valence-corrected chi connectivity index (χ3v) is 13.9. The van der Waals surface area contributed by atoms with E-state index in [0.717, 1.165) is 12.2 Å². The number of allylic oxidation sites excluding steroid dienone is 2. The third-order valence-electron chi connectivity index (χ3n) is 13.9. The molecule has 8 aromatic carbocycles. The first kappa shape index (κ1) is 66.2. The number of rotatable bonds is 32. The molecule has 0 aliphatic rings. The molecule has 0 amide bonds. The largest absolute Gasteiger partial charge is 0.494 e. The van der Waals surface area contributed by atoms with Crippen molar-refractivity contribution in [2.24, 2.45) is 0 Å². The Kier molecular flexibility index (Phi) is 24.1. The van der Waals surface area contributed by atoms with Crippen LogP contribution in [-0.2, 0) is 41.5 Å². The zero-order valence-corrected chi connectivity index (χ0v) is 50.2. The van der Waals surface area contributed by atoms with Gasteiger partial charge in [-0.3, -0.25) is 9.59 Å². The van der Waals surface area contributed by atoms with E-state index in [0.29, 0.717) is 94.9 Å². The molecule has 0 unspecified atom stereocenters. The standard InChI is InChI=1S/C76H64O16/c1-5-61(77)49-51-13-17-57(18-14-51)73(81)89-65-37-21-53(22-38-65)71(55-25-41-67(42-26-55)91-75(83)59-29-33-63(34-30-59)85-45-9-11-47-87-69(79)7-3)72(54-23-39-66(40-24-54)90-74(82)58-19-15-52(16-20-58)50-62(78)6-2)56-27-43-68(44-28-56)92-76(84)60-31-35-64(36-32-60)86-46-10-12-48-88-70(80)8-4/h5-8,13-44H,1-4,9-12,45-50H2/b72-71-. The van der Waals surface area contributed by atoms with Crippen molar-refractivity contribution in [3.8, 4) is 34.5 Å². The number of carbonyl (C=O) groups excluding carboxylic acids is 8. The van der Waals surface area contributed by atoms with Gasteiger partial charge in [0, 0.05) is 25.0 Å². The zero-order chi connectivity index (χ0) is 65.2. The Morgan fingerprint density at radius 1 is 0.272 bits per heavy atom. The second-order valence-corrected chi connectivity index (χ2v) is 20.4. The van der Waals surface area contributed by atoms with Gasteiger partial charge in [0.1, 0.15) is 34.5 Å². The number of esters is 6. The van der Waals surface area contributed by atoms with Crippen molar-refractivity contribution in [1.82, 2.24) is 0 Å². The molecule has 0 saturated carbocycles. The van der Waals surface area contributed by atoms with Gasteiger partial charge in [0.25, 0.3) is 0 Å². The Labute approximate surface area is 532 Å². The molecule has 0 atom stereocenters. The van der Waals surface area contributed by atoms with Gasteiger partial charge < -0.3 is 37.9 Å². The van der Waals surface area contributed by atoms with Crippen molar-refractivity contribution < 1.29 is 76.3 Å². The molecule has 0 aromatic heterocycles. The molecule has 8 rings (SSSR count). The molecule has 16 nitrogen and oxygen atoms in total. The normalized spacial score (nSPS) is 10.9. The van der Waals surface area contributed by atoms with Crippen LogP contribution in [0.4, 0.5) is 0 Å². The molecule has 0 aliphatic carbocycles. The fraction of sp³-hybridized carbons (Fsp3) is 0.132. The lowest BCUT2D eigenvalue weighted by Gasteiger charge is -2.19. The van der Waals surface area contributed by atoms with Crippen molar-refractivity contribution in [1.29, 1.82) is 0 Å². The summed E-state index contributed by atoms with van der Waals surface area (Å²) in [5.41, 5.74) is 6.36. The van der Waals surface area contributed by atoms with Gasteiger partial charge in [0.05, 0.1) is 48.7 Å². The average molecular weight is 1230 g/mol. The van der Waals surface area contributed by atoms with Crippen molar-refractivity contribution in [2.75, 3.05) is 26.4 Å². The number of unbranched alkanes of at least 4 members (excludes halogenated alkanes) is 2. The summed E-state index contributed by atoms with van der Waals surface area (Å²) in [6, 6.07) is 53.6. The molecule has 8 aromatic rings. The first-order valence-corrected chi connectivity index (χ1v) is 29.3. The maximum Gasteiger partial charge on any atom is 0.343 e. The molecule has 0 fully saturated rings. The lowest BCUT2D eigenvalue weighted by atomic mass is 9.85. The van der Waals surface area contributed by atoms with Crippen LogP contribution in [0.5, 0.6) is 34.5 Å². The van der Waals surface area contributed by atoms with E-state index in [9.17, 15) is 38.4 Å². The minimum Gasteiger partial charge on any atom is -0.494 e. The molecule has 16 heteroatoms. The molecule has 0 saturated heterocycles. The number of ether oxygens (including phenoxy) is 8. The summed E-state index contributed by atoms with van der Waals surface area (Å²) < 4.78 is 45.0. The summed E-state index contributed by atoms with van der Waals surface area (Å²) in [5, 5.41) is 0. The first-order valence-electron chi connectivity index (χ1n) is 29.3. The number of carbonyl (C=O) groups is 8. The highest BCUT2D eigenvalue weighted by molar-refractivity contribution is 6.05. The molecule has 0 spiro atoms. The van der Waals surface area contributed by atoms with Gasteiger partial charge in [0.2, 0.25) is 0 Å². The van der Waals surface area contributed by atoms with E-state index in [1.807, 2.05) is 0 Å². The van der Waals surface area contributed by atoms with Gasteiger partial charge in [-0.15, -0.1) is 0 Å². The molecule has 0 N–H and O–H groups in total. The Balaban J connectivity index is 1.10. The summed E-state index contributed by atoms with van der Waals surface area (Å²) >= 11 is 0. The van der Waals surface area contributed by atoms with Gasteiger partial charge in [-0.1, -0.05) is 99.1 Å². The second-order valence-electron chi connectivity index (χ2n) is 20.4. The van der Waals surface area contributed by atoms with Gasteiger partial charge in [-0.25, -0.2) is 28.8 Å². The van der Waals surface area contributed by atoms with Crippen LogP contribution in [0.25, 0.3) is 11.1 Å². The van der Waals surface area contributed by atoms with Crippen LogP contribution < -0.4 is 28.4 Å². The minimum absolute atomic E-state index is 0.140. The molecule has 92 heavy (non-hydrogen) atoms. The lowest BCUT2D eigenvalue weighted by Crippen LogP contribution is -2.09. The number of hydrogen-bond donors (Lipinski definition) is 0. The van der Waals surface area contributed by atoms with E-state index in [4.69, 9.17) is 37.9 Å². The molecule has 0 heterocycles. The monoisotopic (exact) mass is 1230 g/mol. The topological polar surface area (TPSA) is 210 Å². The predicted octanol–water partition coefficient (Wildman–Crippen LogP) is 13.9. The van der Waals surface area contributed by atoms with Crippen molar-refractivity contribution >= 4 is 58.5 Å². The van der Waals surface area contributed by atoms with E-state index in [1.165, 1.54) is 12.2 Å². The van der Waals surface area contributed by atoms with E-state index >= 15 is 0 Å². The Morgan fingerprint density at radius 3 is 0.750 bits per heavy atom. The van der Waals surface area contributed by atoms with Gasteiger partial charge in [0.15, 0.2) is 11.6 Å². The fourth-order valence-electron chi connectivity index (χ4n) is 9.02. The number of hydrogen-bond acceptors (Lipinski definition) is 16. The maximum absolute atomic E-state index is 13.6. The fourth-order valence-corrected chi connectivity index (χ4v) is 9.02. The van der Waals surface area contributed by atoms with Crippen LogP contribution in [0.15, 0.2) is 245 Å². The number of ketones is 2. The summed E-state index contributed by atoms with van der Waals surface area (Å²) in [4.78, 5) is 101. The molecule has 0 bridgehead atoms. The highest BCUT2D eigenvalue weighted by atomic mass is 16.6. The van der Waals surface area contributed by atoms with Gasteiger partial charge in [-0.2, -0.15) is 0 Å². The van der Waals surface area contributed by atoms with Crippen molar-refractivity contribution in [3.05, 3.63) is 300 Å². The highest BCUT2D eigenvalue weighted by Gasteiger charge is 2.21. The van der Waals surface area contributed by atoms with E-state index in [-0.39, 0.29) is 82.9 Å². The molecular formula is C76H64O16. The van der Waals surface area contributed by atoms with Crippen LogP contribution >= 0.6 is 0 Å². The summed E-state index contributed by atoms with van der Waals surface area (Å²) in [5.74, 6) is -1.76. The summed E-state index contributed by atoms with van der Waals surface area (Å²) in [6.07, 6.45) is 7.45. The summed E-state index contributed by atoms with van der Waals surface area (Å²) in [7, 11) is 0. The number of benzene rings is 8. The maximum atomic E-state index is 13.6. The second kappa shape index (κ2) is 33.5. The SMILES string of the molecule is C=CC(=O)Cc1ccc(C(=O)Oc2ccc(/C(=C(\c3ccc(OC(=O)c4ccc(CC(=O)C=C)cc4)cc3)c3ccc(OC(=O)c4ccc(OCCCCOC(=O)C=C)cc4)cc3)c3ccc(OC(=O)c4ccc(OCCCCOC(=O)C=C)cc4)cc3)cc2)cc1. The Bertz CT molecular complexity index is 3710. The van der Waals surface area contributed by atoms with Crippen LogP contribution in [0.1, 0.15) is 100 Å². The molecular weight excluding hydrogens is 1170 g/mol. The molecule has 0 radical (unpaired) electrons. The van der Waals surface area contributed by atoms with Crippen molar-refractivity contribution in [2.45, 2.75) is 38.5 Å². The highest BCUT2D eigenvalue weighted by Crippen LogP contribution is 2.39. The first-order chi connectivity index (χ1) is 44.7. The van der Waals surface area contributed by atoms with Crippen LogP contribution in [0.3, 0.4) is 0 Å². The Hall–Kier alpha value is -11.8. The smallest absolute Gasteiger partial charge is 0.343 e. The average Bonchev–Trinajstić information content (AvgIpc) is 0.883. The van der Waals surface area contributed by atoms with Crippen LogP contribution in [0.2, 0.25) is 0 Å². The summed E-state index contributed by atoms with van der Waals surface area (Å²) in [6.45, 7) is 15.0. The quantitative estimate of drug-likeness (QED) is 0.0126. The van der Waals surface area contributed by atoms with Crippen LogP contribution in [0, 0.1) is 0 Å². The zero-order valence-electron chi connectivity index (χ0n) is 50.2. The molecule has 464 valence electrons. The van der Waals surface area contributed by atoms with Crippen molar-refractivity contribution in [3.63, 3.8) is 0 Å². The van der Waals surface area contributed by atoms with Crippen LogP contribution in [-0.4, -0.2) is 73.8 Å². The predicted molar refractivity (Wildman–Crippen MR) is 346 cm³/mol. The third kappa shape index (κ3) is 19.6. The minimum atomic E-state index is -0.624. The van der Waals surface area contributed by atoms with E-state index in [2.05, 4.69) is 26.3 Å². The van der Waals surface area contributed by atoms with E-state index in [1.54, 1.807) is 194 Å².